The van der Waals surface area contributed by atoms with E-state index in [4.69, 9.17) is 0 Å². The molecule has 1 nitrogen and oxygen atoms in total. The van der Waals surface area contributed by atoms with Crippen LogP contribution in [0.2, 0.25) is 0 Å². The first-order valence-corrected chi connectivity index (χ1v) is 5.76. The third-order valence-corrected chi connectivity index (χ3v) is 2.77. The average molecular weight is 232 g/mol. The fourth-order valence-corrected chi connectivity index (χ4v) is 1.32. The van der Waals surface area contributed by atoms with Crippen LogP contribution in [0.3, 0.4) is 0 Å². The maximum absolute atomic E-state index is 11.7. The Morgan fingerprint density at radius 2 is 1.88 bits per heavy atom. The second-order valence-corrected chi connectivity index (χ2v) is 4.47. The Morgan fingerprint density at radius 1 is 1.25 bits per heavy atom. The molecule has 0 aromatic carbocycles. The second kappa shape index (κ2) is 7.55. The van der Waals surface area contributed by atoms with Crippen LogP contribution in [-0.2, 0) is 0 Å². The minimum atomic E-state index is -1.61. The number of allylic oxidation sites excluding steroid dienone is 3. The Morgan fingerprint density at radius 3 is 2.38 bits per heavy atom. The molecule has 0 aliphatic carbocycles. The molecule has 1 atom stereocenters. The van der Waals surface area contributed by atoms with E-state index in [2.05, 4.69) is 0 Å². The molecule has 0 spiro atoms. The lowest BCUT2D eigenvalue weighted by molar-refractivity contribution is 0.0480. The lowest BCUT2D eigenvalue weighted by atomic mass is 9.96. The molecule has 0 aliphatic rings. The molecule has 0 saturated heterocycles. The van der Waals surface area contributed by atoms with Crippen LogP contribution in [0.1, 0.15) is 52.9 Å². The largest absolute Gasteiger partial charge is 0.390 e. The van der Waals surface area contributed by atoms with Crippen LogP contribution in [0.25, 0.3) is 0 Å². The van der Waals surface area contributed by atoms with E-state index in [1.165, 1.54) is 0 Å². The molecular formula is C13H22F2O. The standard InChI is InChI=1S/C13H22F2O/c1-4-13(3,16)10-6-8-11(2)7-5-9-12(14)15/h8-9,16H,4-7,10H2,1-3H3. The van der Waals surface area contributed by atoms with Crippen molar-refractivity contribution >= 4 is 0 Å². The van der Waals surface area contributed by atoms with Gasteiger partial charge in [-0.05, 0) is 52.0 Å². The minimum absolute atomic E-state index is 0.384. The van der Waals surface area contributed by atoms with Gasteiger partial charge in [-0.1, -0.05) is 18.6 Å². The zero-order chi connectivity index (χ0) is 12.6. The highest BCUT2D eigenvalue weighted by atomic mass is 19.3. The maximum atomic E-state index is 11.7. The van der Waals surface area contributed by atoms with Gasteiger partial charge in [0, 0.05) is 0 Å². The van der Waals surface area contributed by atoms with E-state index in [-0.39, 0.29) is 0 Å². The number of rotatable bonds is 7. The van der Waals surface area contributed by atoms with Crippen molar-refractivity contribution in [2.24, 2.45) is 0 Å². The zero-order valence-electron chi connectivity index (χ0n) is 10.4. The normalized spacial score (nSPS) is 15.8. The summed E-state index contributed by atoms with van der Waals surface area (Å²) in [6.45, 7) is 5.70. The Bertz CT molecular complexity index is 251. The molecular weight excluding hydrogens is 210 g/mol. The smallest absolute Gasteiger partial charge is 0.266 e. The first-order chi connectivity index (χ1) is 7.37. The van der Waals surface area contributed by atoms with E-state index in [0.717, 1.165) is 24.5 Å². The van der Waals surface area contributed by atoms with Gasteiger partial charge in [-0.25, -0.2) is 0 Å². The van der Waals surface area contributed by atoms with Gasteiger partial charge >= 0.3 is 0 Å². The second-order valence-electron chi connectivity index (χ2n) is 4.47. The summed E-state index contributed by atoms with van der Waals surface area (Å²) in [5.41, 5.74) is 0.492. The number of halogens is 2. The van der Waals surface area contributed by atoms with Gasteiger partial charge < -0.3 is 5.11 Å². The minimum Gasteiger partial charge on any atom is -0.390 e. The highest BCUT2D eigenvalue weighted by molar-refractivity contribution is 5.00. The predicted octanol–water partition coefficient (Wildman–Crippen LogP) is 4.43. The molecule has 0 saturated carbocycles. The molecule has 0 fully saturated rings. The van der Waals surface area contributed by atoms with Crippen molar-refractivity contribution in [1.29, 1.82) is 0 Å². The van der Waals surface area contributed by atoms with Crippen molar-refractivity contribution in [2.45, 2.75) is 58.5 Å². The molecule has 94 valence electrons. The summed E-state index contributed by atoms with van der Waals surface area (Å²) in [7, 11) is 0. The molecule has 0 heterocycles. The van der Waals surface area contributed by atoms with E-state index in [9.17, 15) is 13.9 Å². The molecule has 1 N–H and O–H groups in total. The summed E-state index contributed by atoms with van der Waals surface area (Å²) < 4.78 is 23.5. The van der Waals surface area contributed by atoms with Gasteiger partial charge in [0.05, 0.1) is 5.60 Å². The summed E-state index contributed by atoms with van der Waals surface area (Å²) in [5.74, 6) is 0. The highest BCUT2D eigenvalue weighted by Crippen LogP contribution is 2.17. The van der Waals surface area contributed by atoms with Crippen molar-refractivity contribution in [3.63, 3.8) is 0 Å². The van der Waals surface area contributed by atoms with Crippen molar-refractivity contribution in [2.75, 3.05) is 0 Å². The Balaban J connectivity index is 3.83. The van der Waals surface area contributed by atoms with Gasteiger partial charge in [0.1, 0.15) is 0 Å². The number of aliphatic hydroxyl groups is 1. The van der Waals surface area contributed by atoms with Crippen LogP contribution in [-0.4, -0.2) is 10.7 Å². The quantitative estimate of drug-likeness (QED) is 0.643. The SMILES string of the molecule is CCC(C)(O)CCC=C(C)CCC=C(F)F. The molecule has 3 heteroatoms. The maximum Gasteiger partial charge on any atom is 0.266 e. The third kappa shape index (κ3) is 8.60. The van der Waals surface area contributed by atoms with Crippen LogP contribution in [0.4, 0.5) is 8.78 Å². The molecule has 0 amide bonds. The number of hydrogen-bond acceptors (Lipinski definition) is 1. The monoisotopic (exact) mass is 232 g/mol. The Kier molecular flexibility index (Phi) is 7.22. The van der Waals surface area contributed by atoms with Gasteiger partial charge in [-0.15, -0.1) is 0 Å². The summed E-state index contributed by atoms with van der Waals surface area (Å²) in [4.78, 5) is 0. The molecule has 0 aromatic rings. The molecule has 0 aliphatic heterocycles. The van der Waals surface area contributed by atoms with Crippen molar-refractivity contribution in [1.82, 2.24) is 0 Å². The first-order valence-electron chi connectivity index (χ1n) is 5.76. The fraction of sp³-hybridized carbons (Fsp3) is 0.692. The zero-order valence-corrected chi connectivity index (χ0v) is 10.4. The van der Waals surface area contributed by atoms with Crippen molar-refractivity contribution in [3.8, 4) is 0 Å². The van der Waals surface area contributed by atoms with Gasteiger partial charge in [0.15, 0.2) is 0 Å². The van der Waals surface area contributed by atoms with E-state index < -0.39 is 11.7 Å². The predicted molar refractivity (Wildman–Crippen MR) is 63.4 cm³/mol. The summed E-state index contributed by atoms with van der Waals surface area (Å²) in [6.07, 6.45) is 4.65. The summed E-state index contributed by atoms with van der Waals surface area (Å²) >= 11 is 0. The molecule has 0 aromatic heterocycles. The molecule has 1 unspecified atom stereocenters. The van der Waals surface area contributed by atoms with Crippen LogP contribution >= 0.6 is 0 Å². The van der Waals surface area contributed by atoms with E-state index in [1.54, 1.807) is 0 Å². The molecule has 0 rings (SSSR count). The Labute approximate surface area is 96.9 Å². The highest BCUT2D eigenvalue weighted by Gasteiger charge is 2.15. The van der Waals surface area contributed by atoms with Crippen molar-refractivity contribution in [3.05, 3.63) is 23.8 Å². The van der Waals surface area contributed by atoms with Crippen molar-refractivity contribution < 1.29 is 13.9 Å². The van der Waals surface area contributed by atoms with Gasteiger partial charge in [-0.2, -0.15) is 8.78 Å². The fourth-order valence-electron chi connectivity index (χ4n) is 1.32. The van der Waals surface area contributed by atoms with E-state index >= 15 is 0 Å². The summed E-state index contributed by atoms with van der Waals surface area (Å²) in [5, 5.41) is 9.75. The van der Waals surface area contributed by atoms with Crippen LogP contribution < -0.4 is 0 Å². The average Bonchev–Trinajstić information content (AvgIpc) is 2.17. The van der Waals surface area contributed by atoms with Gasteiger partial charge in [0.25, 0.3) is 6.08 Å². The Hall–Kier alpha value is -0.700. The summed E-state index contributed by atoms with van der Waals surface area (Å²) in [6, 6.07) is 0. The van der Waals surface area contributed by atoms with Crippen LogP contribution in [0.15, 0.2) is 23.8 Å². The molecule has 0 radical (unpaired) electrons. The first kappa shape index (κ1) is 15.3. The van der Waals surface area contributed by atoms with Crippen LogP contribution in [0.5, 0.6) is 0 Å². The lowest BCUT2D eigenvalue weighted by Gasteiger charge is -2.20. The van der Waals surface area contributed by atoms with E-state index in [0.29, 0.717) is 19.3 Å². The molecule has 0 bridgehead atoms. The van der Waals surface area contributed by atoms with E-state index in [1.807, 2.05) is 26.8 Å². The number of hydrogen-bond donors (Lipinski definition) is 1. The third-order valence-electron chi connectivity index (χ3n) is 2.77. The molecule has 16 heavy (non-hydrogen) atoms. The van der Waals surface area contributed by atoms with Gasteiger partial charge in [0.2, 0.25) is 0 Å². The van der Waals surface area contributed by atoms with Gasteiger partial charge in [-0.3, -0.25) is 0 Å². The topological polar surface area (TPSA) is 20.2 Å². The lowest BCUT2D eigenvalue weighted by Crippen LogP contribution is -2.21. The van der Waals surface area contributed by atoms with Crippen LogP contribution in [0, 0.1) is 0 Å².